The SMILES string of the molecule is Fc1cccc(Br)c1-c1nnc(CBr)n1-c1ccccc1. The number of hydrogen-bond donors (Lipinski definition) is 0. The minimum atomic E-state index is -0.338. The van der Waals surface area contributed by atoms with E-state index < -0.39 is 0 Å². The molecule has 0 spiro atoms. The molecule has 1 heterocycles. The van der Waals surface area contributed by atoms with E-state index in [2.05, 4.69) is 42.1 Å². The summed E-state index contributed by atoms with van der Waals surface area (Å²) in [5.41, 5.74) is 1.29. The van der Waals surface area contributed by atoms with E-state index in [0.717, 1.165) is 5.69 Å². The van der Waals surface area contributed by atoms with Gasteiger partial charge in [0.25, 0.3) is 0 Å². The fourth-order valence-corrected chi connectivity index (χ4v) is 3.01. The summed E-state index contributed by atoms with van der Waals surface area (Å²) in [6.45, 7) is 0. The van der Waals surface area contributed by atoms with Gasteiger partial charge in [-0.25, -0.2) is 4.39 Å². The Morgan fingerprint density at radius 2 is 1.76 bits per heavy atom. The number of rotatable bonds is 3. The maximum Gasteiger partial charge on any atom is 0.172 e. The number of nitrogens with zero attached hydrogens (tertiary/aromatic N) is 3. The molecule has 1 aromatic heterocycles. The predicted octanol–water partition coefficient (Wildman–Crippen LogP) is 4.73. The summed E-state index contributed by atoms with van der Waals surface area (Å²) in [6.07, 6.45) is 0. The van der Waals surface area contributed by atoms with Crippen LogP contribution in [0.1, 0.15) is 5.82 Å². The van der Waals surface area contributed by atoms with Crippen LogP contribution in [0.2, 0.25) is 0 Å². The van der Waals surface area contributed by atoms with Crippen LogP contribution in [-0.4, -0.2) is 14.8 Å². The second-order valence-corrected chi connectivity index (χ2v) is 5.76. The molecule has 3 nitrogen and oxygen atoms in total. The standard InChI is InChI=1S/C15H10Br2FN3/c16-9-13-19-20-15(14-11(17)7-4-8-12(14)18)21(13)10-5-2-1-3-6-10/h1-8H,9H2. The van der Waals surface area contributed by atoms with E-state index >= 15 is 0 Å². The summed E-state index contributed by atoms with van der Waals surface area (Å²) in [7, 11) is 0. The van der Waals surface area contributed by atoms with Crippen LogP contribution in [0.15, 0.2) is 53.0 Å². The van der Waals surface area contributed by atoms with Crippen LogP contribution in [-0.2, 0) is 5.33 Å². The van der Waals surface area contributed by atoms with Gasteiger partial charge in [-0.05, 0) is 40.2 Å². The normalized spacial score (nSPS) is 10.8. The zero-order valence-electron chi connectivity index (χ0n) is 10.8. The lowest BCUT2D eigenvalue weighted by Gasteiger charge is -2.11. The van der Waals surface area contributed by atoms with Crippen molar-refractivity contribution in [2.45, 2.75) is 5.33 Å². The Morgan fingerprint density at radius 3 is 2.43 bits per heavy atom. The average molecular weight is 411 g/mol. The Kier molecular flexibility index (Phi) is 4.17. The van der Waals surface area contributed by atoms with Crippen LogP contribution in [0, 0.1) is 5.82 Å². The smallest absolute Gasteiger partial charge is 0.172 e. The Balaban J connectivity index is 2.28. The van der Waals surface area contributed by atoms with Gasteiger partial charge in [-0.15, -0.1) is 10.2 Å². The summed E-state index contributed by atoms with van der Waals surface area (Å²) < 4.78 is 16.7. The molecule has 0 atom stereocenters. The summed E-state index contributed by atoms with van der Waals surface area (Å²) in [5, 5.41) is 8.85. The van der Waals surface area contributed by atoms with Crippen molar-refractivity contribution in [3.63, 3.8) is 0 Å². The zero-order chi connectivity index (χ0) is 14.8. The van der Waals surface area contributed by atoms with Gasteiger partial charge < -0.3 is 0 Å². The summed E-state index contributed by atoms with van der Waals surface area (Å²) in [4.78, 5) is 0. The van der Waals surface area contributed by atoms with Gasteiger partial charge in [-0.2, -0.15) is 0 Å². The van der Waals surface area contributed by atoms with Crippen molar-refractivity contribution in [2.24, 2.45) is 0 Å². The molecule has 0 unspecified atom stereocenters. The largest absolute Gasteiger partial charge is 0.278 e. The molecule has 0 aliphatic rings. The lowest BCUT2D eigenvalue weighted by Crippen LogP contribution is -2.02. The summed E-state index contributed by atoms with van der Waals surface area (Å²) >= 11 is 6.79. The number of hydrogen-bond acceptors (Lipinski definition) is 2. The van der Waals surface area contributed by atoms with E-state index in [-0.39, 0.29) is 5.82 Å². The van der Waals surface area contributed by atoms with Gasteiger partial charge in [0, 0.05) is 10.2 Å². The van der Waals surface area contributed by atoms with Crippen molar-refractivity contribution in [3.05, 3.63) is 64.6 Å². The topological polar surface area (TPSA) is 30.7 Å². The predicted molar refractivity (Wildman–Crippen MR) is 87.1 cm³/mol. The highest BCUT2D eigenvalue weighted by molar-refractivity contribution is 9.10. The molecule has 3 aromatic rings. The molecular weight excluding hydrogens is 401 g/mol. The molecule has 0 aliphatic carbocycles. The highest BCUT2D eigenvalue weighted by Crippen LogP contribution is 2.32. The second-order valence-electron chi connectivity index (χ2n) is 4.34. The third kappa shape index (κ3) is 2.65. The molecule has 0 aliphatic heterocycles. The van der Waals surface area contributed by atoms with E-state index in [0.29, 0.717) is 27.0 Å². The third-order valence-corrected chi connectivity index (χ3v) is 4.21. The molecule has 0 saturated heterocycles. The van der Waals surface area contributed by atoms with E-state index in [4.69, 9.17) is 0 Å². The lowest BCUT2D eigenvalue weighted by molar-refractivity contribution is 0.628. The molecule has 106 valence electrons. The number of para-hydroxylation sites is 1. The van der Waals surface area contributed by atoms with Crippen molar-refractivity contribution < 1.29 is 4.39 Å². The maximum atomic E-state index is 14.2. The minimum Gasteiger partial charge on any atom is -0.278 e. The summed E-state index contributed by atoms with van der Waals surface area (Å²) in [5.74, 6) is 0.849. The fraction of sp³-hybridized carbons (Fsp3) is 0.0667. The first-order valence-electron chi connectivity index (χ1n) is 6.22. The van der Waals surface area contributed by atoms with Crippen LogP contribution in [0.25, 0.3) is 17.1 Å². The van der Waals surface area contributed by atoms with Crippen LogP contribution in [0.3, 0.4) is 0 Å². The van der Waals surface area contributed by atoms with Crippen molar-refractivity contribution in [3.8, 4) is 17.1 Å². The Labute approximate surface area is 138 Å². The first kappa shape index (κ1) is 14.4. The Bertz CT molecular complexity index is 752. The molecule has 0 saturated carbocycles. The van der Waals surface area contributed by atoms with E-state index in [1.54, 1.807) is 12.1 Å². The third-order valence-electron chi connectivity index (χ3n) is 3.05. The van der Waals surface area contributed by atoms with Crippen LogP contribution < -0.4 is 0 Å². The van der Waals surface area contributed by atoms with Crippen molar-refractivity contribution in [2.75, 3.05) is 0 Å². The molecule has 0 radical (unpaired) electrons. The molecule has 0 N–H and O–H groups in total. The summed E-state index contributed by atoms with van der Waals surface area (Å²) in [6, 6.07) is 14.5. The molecule has 3 rings (SSSR count). The molecule has 2 aromatic carbocycles. The number of benzene rings is 2. The minimum absolute atomic E-state index is 0.338. The highest BCUT2D eigenvalue weighted by Gasteiger charge is 2.19. The second kappa shape index (κ2) is 6.07. The van der Waals surface area contributed by atoms with E-state index in [1.165, 1.54) is 6.07 Å². The van der Waals surface area contributed by atoms with Crippen LogP contribution in [0.4, 0.5) is 4.39 Å². The lowest BCUT2D eigenvalue weighted by atomic mass is 10.2. The average Bonchev–Trinajstić information content (AvgIpc) is 2.91. The first-order valence-corrected chi connectivity index (χ1v) is 8.14. The monoisotopic (exact) mass is 409 g/mol. The number of alkyl halides is 1. The van der Waals surface area contributed by atoms with Crippen LogP contribution >= 0.6 is 31.9 Å². The number of aromatic nitrogens is 3. The molecule has 0 bridgehead atoms. The quantitative estimate of drug-likeness (QED) is 0.584. The zero-order valence-corrected chi connectivity index (χ0v) is 14.0. The molecule has 0 fully saturated rings. The van der Waals surface area contributed by atoms with Gasteiger partial charge in [-0.3, -0.25) is 4.57 Å². The number of halogens is 3. The van der Waals surface area contributed by atoms with Crippen molar-refractivity contribution in [1.29, 1.82) is 0 Å². The van der Waals surface area contributed by atoms with E-state index in [1.807, 2.05) is 34.9 Å². The molecule has 6 heteroatoms. The van der Waals surface area contributed by atoms with E-state index in [9.17, 15) is 4.39 Å². The molecule has 0 amide bonds. The first-order chi connectivity index (χ1) is 10.2. The van der Waals surface area contributed by atoms with Crippen LogP contribution in [0.5, 0.6) is 0 Å². The van der Waals surface area contributed by atoms with Gasteiger partial charge in [0.1, 0.15) is 11.6 Å². The van der Waals surface area contributed by atoms with Gasteiger partial charge in [0.05, 0.1) is 10.9 Å². The van der Waals surface area contributed by atoms with Gasteiger partial charge in [-0.1, -0.05) is 40.2 Å². The highest BCUT2D eigenvalue weighted by atomic mass is 79.9. The van der Waals surface area contributed by atoms with Crippen molar-refractivity contribution >= 4 is 31.9 Å². The van der Waals surface area contributed by atoms with Gasteiger partial charge in [0.2, 0.25) is 0 Å². The Hall–Kier alpha value is -1.53. The fourth-order valence-electron chi connectivity index (χ4n) is 2.12. The molecule has 21 heavy (non-hydrogen) atoms. The van der Waals surface area contributed by atoms with Crippen molar-refractivity contribution in [1.82, 2.24) is 14.8 Å². The van der Waals surface area contributed by atoms with Gasteiger partial charge >= 0.3 is 0 Å². The maximum absolute atomic E-state index is 14.2. The molecular formula is C15H10Br2FN3. The Morgan fingerprint density at radius 1 is 1.00 bits per heavy atom. The van der Waals surface area contributed by atoms with Gasteiger partial charge in [0.15, 0.2) is 5.82 Å².